The predicted molar refractivity (Wildman–Crippen MR) is 43.0 cm³/mol. The Morgan fingerprint density at radius 1 is 1.73 bits per heavy atom. The molecule has 0 aliphatic carbocycles. The van der Waals surface area contributed by atoms with Crippen molar-refractivity contribution in [2.24, 2.45) is 0 Å². The van der Waals surface area contributed by atoms with Crippen LogP contribution in [0.2, 0.25) is 0 Å². The number of hydrogen-bond acceptors (Lipinski definition) is 3. The molecular weight excluding hydrogens is 144 g/mol. The van der Waals surface area contributed by atoms with Crippen molar-refractivity contribution in [2.45, 2.75) is 13.0 Å². The van der Waals surface area contributed by atoms with Crippen LogP contribution in [-0.4, -0.2) is 29.5 Å². The molecule has 0 fully saturated rings. The zero-order valence-electron chi connectivity index (χ0n) is 6.66. The average molecular weight is 158 g/mol. The molecule has 64 valence electrons. The Morgan fingerprint density at radius 2 is 2.36 bits per heavy atom. The van der Waals surface area contributed by atoms with E-state index in [1.165, 1.54) is 6.26 Å². The lowest BCUT2D eigenvalue weighted by atomic mass is 10.3. The Balaban J connectivity index is 3.33. The van der Waals surface area contributed by atoms with Gasteiger partial charge in [-0.05, 0) is 13.0 Å². The molecule has 0 aliphatic heterocycles. The van der Waals surface area contributed by atoms with Crippen LogP contribution < -0.4 is 0 Å². The van der Waals surface area contributed by atoms with E-state index in [1.54, 1.807) is 6.08 Å². The Hall–Kier alpha value is -0.800. The van der Waals surface area contributed by atoms with Crippen LogP contribution in [0.5, 0.6) is 0 Å². The Labute approximate surface area is 66.6 Å². The summed E-state index contributed by atoms with van der Waals surface area (Å²) in [5.41, 5.74) is 0.878. The normalized spacial score (nSPS) is 13.4. The van der Waals surface area contributed by atoms with Crippen LogP contribution in [0.4, 0.5) is 0 Å². The molecule has 1 atom stereocenters. The van der Waals surface area contributed by atoms with Crippen LogP contribution >= 0.6 is 0 Å². The third-order valence-electron chi connectivity index (χ3n) is 0.948. The molecule has 0 aromatic heterocycles. The van der Waals surface area contributed by atoms with Crippen LogP contribution in [0.15, 0.2) is 24.5 Å². The van der Waals surface area contributed by atoms with Crippen LogP contribution in [0.25, 0.3) is 0 Å². The monoisotopic (exact) mass is 158 g/mol. The molecule has 0 saturated heterocycles. The molecule has 0 aromatic rings. The first-order valence-corrected chi connectivity index (χ1v) is 3.39. The second-order valence-electron chi connectivity index (χ2n) is 2.32. The third kappa shape index (κ3) is 7.09. The summed E-state index contributed by atoms with van der Waals surface area (Å²) >= 11 is 0. The number of rotatable bonds is 5. The van der Waals surface area contributed by atoms with Crippen molar-refractivity contribution in [1.82, 2.24) is 0 Å². The summed E-state index contributed by atoms with van der Waals surface area (Å²) in [4.78, 5) is 0. The zero-order valence-corrected chi connectivity index (χ0v) is 6.66. The van der Waals surface area contributed by atoms with E-state index in [2.05, 4.69) is 6.58 Å². The number of aliphatic hydroxyl groups is 2. The smallest absolute Gasteiger partial charge is 0.115 e. The van der Waals surface area contributed by atoms with Crippen LogP contribution in [0, 0.1) is 0 Å². The lowest BCUT2D eigenvalue weighted by Crippen LogP contribution is -2.17. The summed E-state index contributed by atoms with van der Waals surface area (Å²) in [6.07, 6.45) is 2.33. The maximum atomic E-state index is 8.79. The van der Waals surface area contributed by atoms with Gasteiger partial charge in [0.1, 0.15) is 12.7 Å². The summed E-state index contributed by atoms with van der Waals surface area (Å²) in [5.74, 6) is 0. The SMILES string of the molecule is C=C(C)C=COCC(O)CO. The Morgan fingerprint density at radius 3 is 2.82 bits per heavy atom. The summed E-state index contributed by atoms with van der Waals surface area (Å²) < 4.78 is 4.85. The predicted octanol–water partition coefficient (Wildman–Crippen LogP) is 0.446. The topological polar surface area (TPSA) is 49.7 Å². The van der Waals surface area contributed by atoms with Crippen molar-refractivity contribution in [2.75, 3.05) is 13.2 Å². The highest BCUT2D eigenvalue weighted by Gasteiger charge is 1.98. The van der Waals surface area contributed by atoms with E-state index in [9.17, 15) is 0 Å². The fourth-order valence-corrected chi connectivity index (χ4v) is 0.384. The maximum Gasteiger partial charge on any atom is 0.115 e. The highest BCUT2D eigenvalue weighted by atomic mass is 16.5. The van der Waals surface area contributed by atoms with Gasteiger partial charge in [-0.1, -0.05) is 12.2 Å². The lowest BCUT2D eigenvalue weighted by molar-refractivity contribution is 0.0384. The first kappa shape index (κ1) is 10.2. The molecule has 0 rings (SSSR count). The van der Waals surface area contributed by atoms with Gasteiger partial charge in [-0.3, -0.25) is 0 Å². The van der Waals surface area contributed by atoms with Crippen molar-refractivity contribution in [1.29, 1.82) is 0 Å². The quantitative estimate of drug-likeness (QED) is 0.451. The number of ether oxygens (including phenoxy) is 1. The average Bonchev–Trinajstić information content (AvgIpc) is 1.97. The number of allylic oxidation sites excluding steroid dienone is 2. The standard InChI is InChI=1S/C8H14O3/c1-7(2)3-4-11-6-8(10)5-9/h3-4,8-10H,1,5-6H2,2H3. The van der Waals surface area contributed by atoms with Gasteiger partial charge in [0.2, 0.25) is 0 Å². The molecule has 11 heavy (non-hydrogen) atoms. The first-order chi connectivity index (χ1) is 5.16. The largest absolute Gasteiger partial charge is 0.498 e. The van der Waals surface area contributed by atoms with E-state index in [1.807, 2.05) is 6.92 Å². The van der Waals surface area contributed by atoms with E-state index in [-0.39, 0.29) is 13.2 Å². The molecule has 3 nitrogen and oxygen atoms in total. The van der Waals surface area contributed by atoms with Gasteiger partial charge in [0.05, 0.1) is 12.9 Å². The molecule has 0 aliphatic rings. The van der Waals surface area contributed by atoms with Gasteiger partial charge >= 0.3 is 0 Å². The van der Waals surface area contributed by atoms with Gasteiger partial charge in [0, 0.05) is 0 Å². The highest BCUT2D eigenvalue weighted by Crippen LogP contribution is 1.90. The minimum Gasteiger partial charge on any atom is -0.498 e. The third-order valence-corrected chi connectivity index (χ3v) is 0.948. The minimum atomic E-state index is -0.801. The number of hydrogen-bond donors (Lipinski definition) is 2. The van der Waals surface area contributed by atoms with Gasteiger partial charge in [-0.2, -0.15) is 0 Å². The van der Waals surface area contributed by atoms with Crippen molar-refractivity contribution in [3.05, 3.63) is 24.5 Å². The van der Waals surface area contributed by atoms with E-state index in [0.29, 0.717) is 0 Å². The summed E-state index contributed by atoms with van der Waals surface area (Å²) in [5, 5.41) is 17.2. The summed E-state index contributed by atoms with van der Waals surface area (Å²) in [7, 11) is 0. The van der Waals surface area contributed by atoms with E-state index in [0.717, 1.165) is 5.57 Å². The molecule has 0 bridgehead atoms. The maximum absolute atomic E-state index is 8.79. The second kappa shape index (κ2) is 5.95. The summed E-state index contributed by atoms with van der Waals surface area (Å²) in [6, 6.07) is 0. The van der Waals surface area contributed by atoms with Gasteiger partial charge in [0.15, 0.2) is 0 Å². The van der Waals surface area contributed by atoms with E-state index < -0.39 is 6.10 Å². The second-order valence-corrected chi connectivity index (χ2v) is 2.32. The van der Waals surface area contributed by atoms with Crippen molar-refractivity contribution in [3.8, 4) is 0 Å². The van der Waals surface area contributed by atoms with Gasteiger partial charge < -0.3 is 14.9 Å². The molecule has 2 N–H and O–H groups in total. The first-order valence-electron chi connectivity index (χ1n) is 3.39. The molecule has 0 spiro atoms. The van der Waals surface area contributed by atoms with Crippen LogP contribution in [0.1, 0.15) is 6.92 Å². The van der Waals surface area contributed by atoms with Gasteiger partial charge in [-0.25, -0.2) is 0 Å². The van der Waals surface area contributed by atoms with E-state index >= 15 is 0 Å². The van der Waals surface area contributed by atoms with Crippen LogP contribution in [-0.2, 0) is 4.74 Å². The highest BCUT2D eigenvalue weighted by molar-refractivity contribution is 5.08. The van der Waals surface area contributed by atoms with Crippen molar-refractivity contribution >= 4 is 0 Å². The van der Waals surface area contributed by atoms with Crippen molar-refractivity contribution < 1.29 is 14.9 Å². The van der Waals surface area contributed by atoms with Gasteiger partial charge in [0.25, 0.3) is 0 Å². The fourth-order valence-electron chi connectivity index (χ4n) is 0.384. The molecule has 3 heteroatoms. The van der Waals surface area contributed by atoms with Crippen molar-refractivity contribution in [3.63, 3.8) is 0 Å². The van der Waals surface area contributed by atoms with Gasteiger partial charge in [-0.15, -0.1) is 0 Å². The molecule has 1 unspecified atom stereocenters. The minimum absolute atomic E-state index is 0.111. The fraction of sp³-hybridized carbons (Fsp3) is 0.500. The molecule has 0 radical (unpaired) electrons. The zero-order chi connectivity index (χ0) is 8.69. The molecule has 0 saturated carbocycles. The molecular formula is C8H14O3. The molecule has 0 amide bonds. The molecule has 0 heterocycles. The lowest BCUT2D eigenvalue weighted by Gasteiger charge is -2.04. The van der Waals surface area contributed by atoms with Crippen LogP contribution in [0.3, 0.4) is 0 Å². The van der Waals surface area contributed by atoms with E-state index in [4.69, 9.17) is 14.9 Å². The Bertz CT molecular complexity index is 140. The number of aliphatic hydroxyl groups excluding tert-OH is 2. The summed E-state index contributed by atoms with van der Waals surface area (Å²) in [6.45, 7) is 5.28. The Kier molecular flexibility index (Phi) is 5.51. The molecule has 0 aromatic carbocycles.